The summed E-state index contributed by atoms with van der Waals surface area (Å²) in [7, 11) is -1.19. The number of fused-ring (bicyclic) bond motifs is 1. The van der Waals surface area contributed by atoms with Gasteiger partial charge in [0.1, 0.15) is 27.3 Å². The summed E-state index contributed by atoms with van der Waals surface area (Å²) in [6.07, 6.45) is -0.469. The van der Waals surface area contributed by atoms with Gasteiger partial charge in [-0.05, 0) is 54.9 Å². The molecule has 0 radical (unpaired) electrons. The Hall–Kier alpha value is -1.03. The molecule has 0 saturated heterocycles. The maximum Gasteiger partial charge on any atom is 0.418 e. The van der Waals surface area contributed by atoms with Crippen LogP contribution in [-0.4, -0.2) is 43.1 Å². The number of anilines is 1. The standard InChI is InChI=1S/C17H26BrN3O3SSi/c1-17(2,3)24-16(22)21(11-23-9-10-26(4,5)6)15-19-12-7-8-13(18)20-14(12)25-15/h7-8H,9-11H2,1-6H3. The molecule has 2 rings (SSSR count). The monoisotopic (exact) mass is 459 g/mol. The molecule has 2 aromatic heterocycles. The van der Waals surface area contributed by atoms with E-state index in [1.165, 1.54) is 16.2 Å². The maximum absolute atomic E-state index is 12.7. The van der Waals surface area contributed by atoms with Crippen LogP contribution in [0.4, 0.5) is 9.93 Å². The summed E-state index contributed by atoms with van der Waals surface area (Å²) in [6, 6.07) is 4.73. The Morgan fingerprint density at radius 1 is 1.27 bits per heavy atom. The van der Waals surface area contributed by atoms with Crippen LogP contribution in [0.1, 0.15) is 20.8 Å². The number of nitrogens with zero attached hydrogens (tertiary/aromatic N) is 3. The van der Waals surface area contributed by atoms with Crippen molar-refractivity contribution in [2.45, 2.75) is 52.1 Å². The van der Waals surface area contributed by atoms with E-state index in [-0.39, 0.29) is 6.73 Å². The Labute approximate surface area is 168 Å². The van der Waals surface area contributed by atoms with Crippen molar-refractivity contribution in [1.82, 2.24) is 9.97 Å². The van der Waals surface area contributed by atoms with Gasteiger partial charge in [-0.25, -0.2) is 19.7 Å². The molecule has 0 aromatic carbocycles. The van der Waals surface area contributed by atoms with Crippen molar-refractivity contribution in [2.24, 2.45) is 0 Å². The van der Waals surface area contributed by atoms with E-state index < -0.39 is 19.8 Å². The summed E-state index contributed by atoms with van der Waals surface area (Å²) >= 11 is 4.70. The van der Waals surface area contributed by atoms with Crippen molar-refractivity contribution in [1.29, 1.82) is 0 Å². The van der Waals surface area contributed by atoms with Crippen molar-refractivity contribution in [2.75, 3.05) is 18.2 Å². The molecule has 0 fully saturated rings. The quantitative estimate of drug-likeness (QED) is 0.246. The van der Waals surface area contributed by atoms with Crippen LogP contribution in [0.15, 0.2) is 16.7 Å². The Morgan fingerprint density at radius 2 is 1.96 bits per heavy atom. The zero-order valence-electron chi connectivity index (χ0n) is 16.1. The van der Waals surface area contributed by atoms with Gasteiger partial charge in [-0.3, -0.25) is 0 Å². The summed E-state index contributed by atoms with van der Waals surface area (Å²) in [5, 5.41) is 0.521. The van der Waals surface area contributed by atoms with E-state index >= 15 is 0 Å². The van der Waals surface area contributed by atoms with Crippen LogP contribution in [0.2, 0.25) is 25.7 Å². The molecule has 0 N–H and O–H groups in total. The Bertz CT molecular complexity index is 771. The number of halogens is 1. The molecule has 0 atom stereocenters. The van der Waals surface area contributed by atoms with Crippen molar-refractivity contribution in [3.8, 4) is 0 Å². The predicted molar refractivity (Wildman–Crippen MR) is 113 cm³/mol. The van der Waals surface area contributed by atoms with E-state index in [9.17, 15) is 4.79 Å². The van der Waals surface area contributed by atoms with Gasteiger partial charge in [0.2, 0.25) is 0 Å². The molecule has 0 unspecified atom stereocenters. The highest BCUT2D eigenvalue weighted by Gasteiger charge is 2.26. The lowest BCUT2D eigenvalue weighted by Gasteiger charge is -2.26. The van der Waals surface area contributed by atoms with Gasteiger partial charge in [-0.1, -0.05) is 31.0 Å². The Morgan fingerprint density at radius 3 is 2.58 bits per heavy atom. The van der Waals surface area contributed by atoms with Crippen molar-refractivity contribution in [3.05, 3.63) is 16.7 Å². The zero-order chi connectivity index (χ0) is 19.5. The molecule has 9 heteroatoms. The van der Waals surface area contributed by atoms with Crippen LogP contribution < -0.4 is 4.90 Å². The third-order valence-electron chi connectivity index (χ3n) is 3.27. The number of rotatable bonds is 6. The normalized spacial score (nSPS) is 12.4. The van der Waals surface area contributed by atoms with Crippen LogP contribution in [0, 0.1) is 0 Å². The summed E-state index contributed by atoms with van der Waals surface area (Å²) in [5.74, 6) is 0. The topological polar surface area (TPSA) is 64.5 Å². The minimum absolute atomic E-state index is 0.111. The van der Waals surface area contributed by atoms with Crippen molar-refractivity contribution < 1.29 is 14.3 Å². The van der Waals surface area contributed by atoms with Gasteiger partial charge in [0, 0.05) is 14.7 Å². The molecular weight excluding hydrogens is 434 g/mol. The molecule has 0 spiro atoms. The number of pyridine rings is 1. The average molecular weight is 460 g/mol. The number of hydrogen-bond donors (Lipinski definition) is 0. The van der Waals surface area contributed by atoms with E-state index in [0.29, 0.717) is 11.7 Å². The lowest BCUT2D eigenvalue weighted by atomic mass is 10.2. The lowest BCUT2D eigenvalue weighted by Crippen LogP contribution is -2.38. The van der Waals surface area contributed by atoms with Gasteiger partial charge >= 0.3 is 6.09 Å². The largest absolute Gasteiger partial charge is 0.443 e. The van der Waals surface area contributed by atoms with E-state index in [0.717, 1.165) is 21.0 Å². The molecule has 0 saturated carbocycles. The van der Waals surface area contributed by atoms with Crippen LogP contribution in [-0.2, 0) is 9.47 Å². The second kappa shape index (κ2) is 8.33. The molecule has 6 nitrogen and oxygen atoms in total. The molecule has 0 aliphatic rings. The SMILES string of the molecule is CC(C)(C)OC(=O)N(COCC[Si](C)(C)C)c1nc2ccc(Br)nc2s1. The summed E-state index contributed by atoms with van der Waals surface area (Å²) < 4.78 is 12.0. The van der Waals surface area contributed by atoms with Crippen molar-refractivity contribution >= 4 is 56.9 Å². The molecule has 2 heterocycles. The van der Waals surface area contributed by atoms with E-state index in [1.54, 1.807) is 0 Å². The lowest BCUT2D eigenvalue weighted by molar-refractivity contribution is 0.0500. The van der Waals surface area contributed by atoms with Gasteiger partial charge in [-0.15, -0.1) is 0 Å². The van der Waals surface area contributed by atoms with E-state index in [2.05, 4.69) is 45.5 Å². The number of aromatic nitrogens is 2. The number of thiazole rings is 1. The highest BCUT2D eigenvalue weighted by molar-refractivity contribution is 9.10. The summed E-state index contributed by atoms with van der Waals surface area (Å²) in [5.41, 5.74) is 0.148. The first-order chi connectivity index (χ1) is 11.9. The van der Waals surface area contributed by atoms with Crippen LogP contribution in [0.25, 0.3) is 10.3 Å². The summed E-state index contributed by atoms with van der Waals surface area (Å²) in [4.78, 5) is 23.8. The van der Waals surface area contributed by atoms with Gasteiger partial charge in [0.05, 0.1) is 0 Å². The zero-order valence-corrected chi connectivity index (χ0v) is 19.5. The third kappa shape index (κ3) is 6.60. The fourth-order valence-electron chi connectivity index (χ4n) is 1.94. The summed E-state index contributed by atoms with van der Waals surface area (Å²) in [6.45, 7) is 13.1. The van der Waals surface area contributed by atoms with Crippen LogP contribution >= 0.6 is 27.3 Å². The number of carbonyl (C=O) groups is 1. The predicted octanol–water partition coefficient (Wildman–Crippen LogP) is 5.51. The maximum atomic E-state index is 12.7. The molecule has 2 aromatic rings. The molecule has 0 aliphatic carbocycles. The number of carbonyl (C=O) groups excluding carboxylic acids is 1. The Balaban J connectivity index is 2.19. The highest BCUT2D eigenvalue weighted by Crippen LogP contribution is 2.29. The van der Waals surface area contributed by atoms with E-state index in [1.807, 2.05) is 32.9 Å². The second-order valence-corrected chi connectivity index (χ2v) is 15.6. The number of amides is 1. The minimum atomic E-state index is -1.19. The van der Waals surface area contributed by atoms with Crippen molar-refractivity contribution in [3.63, 3.8) is 0 Å². The molecule has 144 valence electrons. The average Bonchev–Trinajstić information content (AvgIpc) is 2.86. The molecule has 1 amide bonds. The first-order valence-corrected chi connectivity index (χ1v) is 13.8. The number of hydrogen-bond acceptors (Lipinski definition) is 6. The first-order valence-electron chi connectivity index (χ1n) is 8.46. The molecule has 0 bridgehead atoms. The van der Waals surface area contributed by atoms with Gasteiger partial charge < -0.3 is 9.47 Å². The smallest absolute Gasteiger partial charge is 0.418 e. The first kappa shape index (κ1) is 21.3. The fourth-order valence-corrected chi connectivity index (χ4v) is 4.04. The highest BCUT2D eigenvalue weighted by atomic mass is 79.9. The molecule has 26 heavy (non-hydrogen) atoms. The van der Waals surface area contributed by atoms with Crippen LogP contribution in [0.5, 0.6) is 0 Å². The third-order valence-corrected chi connectivity index (χ3v) is 6.41. The molecular formula is C17H26BrN3O3SSi. The van der Waals surface area contributed by atoms with Gasteiger partial charge in [-0.2, -0.15) is 0 Å². The molecule has 0 aliphatic heterocycles. The fraction of sp³-hybridized carbons (Fsp3) is 0.588. The second-order valence-electron chi connectivity index (χ2n) is 8.21. The number of ether oxygens (including phenoxy) is 2. The van der Waals surface area contributed by atoms with Gasteiger partial charge in [0.15, 0.2) is 5.13 Å². The van der Waals surface area contributed by atoms with Gasteiger partial charge in [0.25, 0.3) is 0 Å². The minimum Gasteiger partial charge on any atom is -0.443 e. The Kier molecular flexibility index (Phi) is 6.81. The van der Waals surface area contributed by atoms with E-state index in [4.69, 9.17) is 9.47 Å². The van der Waals surface area contributed by atoms with Crippen LogP contribution in [0.3, 0.4) is 0 Å².